The van der Waals surface area contributed by atoms with Crippen LogP contribution in [0.15, 0.2) is 29.2 Å². The van der Waals surface area contributed by atoms with Gasteiger partial charge in [-0.1, -0.05) is 32.9 Å². The molecule has 0 radical (unpaired) electrons. The Morgan fingerprint density at radius 1 is 1.24 bits per heavy atom. The van der Waals surface area contributed by atoms with Gasteiger partial charge in [0.15, 0.2) is 9.84 Å². The van der Waals surface area contributed by atoms with E-state index < -0.39 is 9.84 Å². The molecule has 0 bridgehead atoms. The van der Waals surface area contributed by atoms with Crippen LogP contribution in [0.3, 0.4) is 0 Å². The van der Waals surface area contributed by atoms with Gasteiger partial charge in [0, 0.05) is 13.2 Å². The van der Waals surface area contributed by atoms with Crippen LogP contribution < -0.4 is 5.32 Å². The second-order valence-electron chi connectivity index (χ2n) is 6.16. The Morgan fingerprint density at radius 3 is 2.52 bits per heavy atom. The predicted octanol–water partition coefficient (Wildman–Crippen LogP) is 3.08. The van der Waals surface area contributed by atoms with Gasteiger partial charge in [-0.3, -0.25) is 0 Å². The van der Waals surface area contributed by atoms with Gasteiger partial charge in [-0.25, -0.2) is 8.42 Å². The van der Waals surface area contributed by atoms with Gasteiger partial charge in [0.1, 0.15) is 0 Å². The molecule has 0 spiro atoms. The number of anilines is 1. The molecule has 0 aliphatic rings. The van der Waals surface area contributed by atoms with E-state index >= 15 is 0 Å². The SMILES string of the molecule is CCCS(=O)(=O)c1ccccc1NCC(C)(C)CCCO. The Morgan fingerprint density at radius 2 is 1.90 bits per heavy atom. The van der Waals surface area contributed by atoms with E-state index in [9.17, 15) is 8.42 Å². The summed E-state index contributed by atoms with van der Waals surface area (Å²) in [5.74, 6) is 0.166. The zero-order valence-electron chi connectivity index (χ0n) is 13.2. The number of rotatable bonds is 9. The number of benzene rings is 1. The van der Waals surface area contributed by atoms with Crippen LogP contribution >= 0.6 is 0 Å². The van der Waals surface area contributed by atoms with Crippen LogP contribution in [0.5, 0.6) is 0 Å². The van der Waals surface area contributed by atoms with Crippen molar-refractivity contribution in [1.29, 1.82) is 0 Å². The zero-order chi connectivity index (χ0) is 15.9. The highest BCUT2D eigenvalue weighted by Gasteiger charge is 2.20. The third kappa shape index (κ3) is 5.67. The van der Waals surface area contributed by atoms with Gasteiger partial charge in [-0.05, 0) is 36.8 Å². The third-order valence-electron chi connectivity index (χ3n) is 3.46. The number of sulfone groups is 1. The molecule has 1 aromatic carbocycles. The Hall–Kier alpha value is -1.07. The minimum Gasteiger partial charge on any atom is -0.396 e. The van der Waals surface area contributed by atoms with Gasteiger partial charge >= 0.3 is 0 Å². The monoisotopic (exact) mass is 313 g/mol. The zero-order valence-corrected chi connectivity index (χ0v) is 14.0. The fourth-order valence-electron chi connectivity index (χ4n) is 2.24. The molecule has 0 aliphatic heterocycles. The molecule has 0 amide bonds. The van der Waals surface area contributed by atoms with Crippen LogP contribution in [0.4, 0.5) is 5.69 Å². The summed E-state index contributed by atoms with van der Waals surface area (Å²) in [5, 5.41) is 12.2. The van der Waals surface area contributed by atoms with E-state index in [1.54, 1.807) is 12.1 Å². The van der Waals surface area contributed by atoms with E-state index in [1.807, 2.05) is 19.1 Å². The van der Waals surface area contributed by atoms with Crippen molar-refractivity contribution < 1.29 is 13.5 Å². The molecule has 2 N–H and O–H groups in total. The van der Waals surface area contributed by atoms with Crippen LogP contribution in [0.1, 0.15) is 40.0 Å². The molecular formula is C16H27NO3S. The summed E-state index contributed by atoms with van der Waals surface area (Å²) in [6, 6.07) is 7.07. The van der Waals surface area contributed by atoms with Crippen molar-refractivity contribution in [2.45, 2.75) is 44.9 Å². The fourth-order valence-corrected chi connectivity index (χ4v) is 3.76. The highest BCUT2D eigenvalue weighted by Crippen LogP contribution is 2.26. The van der Waals surface area contributed by atoms with Crippen molar-refractivity contribution in [2.75, 3.05) is 24.2 Å². The topological polar surface area (TPSA) is 66.4 Å². The molecule has 5 heteroatoms. The molecule has 0 saturated carbocycles. The number of aliphatic hydroxyl groups excluding tert-OH is 1. The molecule has 0 heterocycles. The number of hydrogen-bond acceptors (Lipinski definition) is 4. The molecule has 1 rings (SSSR count). The number of hydrogen-bond donors (Lipinski definition) is 2. The first-order valence-electron chi connectivity index (χ1n) is 7.49. The third-order valence-corrected chi connectivity index (χ3v) is 5.44. The fraction of sp³-hybridized carbons (Fsp3) is 0.625. The van der Waals surface area contributed by atoms with Crippen LogP contribution in [-0.4, -0.2) is 32.4 Å². The number of para-hydroxylation sites is 1. The highest BCUT2D eigenvalue weighted by atomic mass is 32.2. The van der Waals surface area contributed by atoms with Gasteiger partial charge in [0.25, 0.3) is 0 Å². The lowest BCUT2D eigenvalue weighted by molar-refractivity contribution is 0.248. The largest absolute Gasteiger partial charge is 0.396 e. The quantitative estimate of drug-likeness (QED) is 0.735. The average Bonchev–Trinajstić information content (AvgIpc) is 2.43. The van der Waals surface area contributed by atoms with Crippen LogP contribution in [-0.2, 0) is 9.84 Å². The van der Waals surface area contributed by atoms with Gasteiger partial charge in [-0.2, -0.15) is 0 Å². The van der Waals surface area contributed by atoms with Crippen molar-refractivity contribution >= 4 is 15.5 Å². The summed E-state index contributed by atoms with van der Waals surface area (Å²) in [6.07, 6.45) is 2.25. The highest BCUT2D eigenvalue weighted by molar-refractivity contribution is 7.91. The standard InChI is InChI=1S/C16H27NO3S/c1-4-12-21(19,20)15-9-6-5-8-14(15)17-13-16(2,3)10-7-11-18/h5-6,8-9,17-18H,4,7,10-13H2,1-3H3. The molecule has 0 aliphatic carbocycles. The van der Waals surface area contributed by atoms with Crippen LogP contribution in [0, 0.1) is 5.41 Å². The van der Waals surface area contributed by atoms with Crippen molar-refractivity contribution in [3.63, 3.8) is 0 Å². The Balaban J connectivity index is 2.86. The van der Waals surface area contributed by atoms with Crippen LogP contribution in [0.25, 0.3) is 0 Å². The van der Waals surface area contributed by atoms with Crippen molar-refractivity contribution in [3.05, 3.63) is 24.3 Å². The molecule has 120 valence electrons. The summed E-state index contributed by atoms with van der Waals surface area (Å²) in [4.78, 5) is 0.379. The molecule has 0 saturated heterocycles. The Bertz CT molecular complexity index is 538. The minimum absolute atomic E-state index is 0.00433. The number of aliphatic hydroxyl groups is 1. The first-order valence-corrected chi connectivity index (χ1v) is 9.14. The second kappa shape index (κ2) is 7.80. The summed E-state index contributed by atoms with van der Waals surface area (Å²) in [5.41, 5.74) is 0.674. The van der Waals surface area contributed by atoms with E-state index in [0.29, 0.717) is 23.5 Å². The lowest BCUT2D eigenvalue weighted by Gasteiger charge is -2.26. The Kier molecular flexibility index (Phi) is 6.68. The lowest BCUT2D eigenvalue weighted by Crippen LogP contribution is -2.24. The molecule has 0 aromatic heterocycles. The summed E-state index contributed by atoms with van der Waals surface area (Å²) in [7, 11) is -3.23. The normalized spacial score (nSPS) is 12.4. The average molecular weight is 313 g/mol. The predicted molar refractivity (Wildman–Crippen MR) is 87.4 cm³/mol. The van der Waals surface area contributed by atoms with Gasteiger partial charge in [0.05, 0.1) is 16.3 Å². The first-order chi connectivity index (χ1) is 9.82. The number of nitrogens with one attached hydrogen (secondary N) is 1. The molecule has 0 unspecified atom stereocenters. The smallest absolute Gasteiger partial charge is 0.180 e. The summed E-state index contributed by atoms with van der Waals surface area (Å²) in [6.45, 7) is 6.94. The minimum atomic E-state index is -3.23. The van der Waals surface area contributed by atoms with Crippen molar-refractivity contribution in [3.8, 4) is 0 Å². The molecule has 4 nitrogen and oxygen atoms in total. The maximum atomic E-state index is 12.3. The molecule has 0 atom stereocenters. The molecule has 1 aromatic rings. The van der Waals surface area contributed by atoms with Crippen LogP contribution in [0.2, 0.25) is 0 Å². The molecular weight excluding hydrogens is 286 g/mol. The van der Waals surface area contributed by atoms with Gasteiger partial charge in [0.2, 0.25) is 0 Å². The molecule has 0 fully saturated rings. The lowest BCUT2D eigenvalue weighted by atomic mass is 9.88. The van der Waals surface area contributed by atoms with E-state index in [0.717, 1.165) is 12.8 Å². The second-order valence-corrected chi connectivity index (χ2v) is 8.24. The maximum Gasteiger partial charge on any atom is 0.180 e. The first kappa shape index (κ1) is 18.0. The van der Waals surface area contributed by atoms with E-state index in [2.05, 4.69) is 19.2 Å². The van der Waals surface area contributed by atoms with Gasteiger partial charge in [-0.15, -0.1) is 0 Å². The van der Waals surface area contributed by atoms with Gasteiger partial charge < -0.3 is 10.4 Å². The van der Waals surface area contributed by atoms with E-state index in [-0.39, 0.29) is 17.8 Å². The summed E-state index contributed by atoms with van der Waals surface area (Å²) >= 11 is 0. The van der Waals surface area contributed by atoms with Crippen molar-refractivity contribution in [2.24, 2.45) is 5.41 Å². The van der Waals surface area contributed by atoms with Crippen molar-refractivity contribution in [1.82, 2.24) is 0 Å². The van der Waals surface area contributed by atoms with E-state index in [4.69, 9.17) is 5.11 Å². The molecule has 21 heavy (non-hydrogen) atoms. The summed E-state index contributed by atoms with van der Waals surface area (Å²) < 4.78 is 24.6. The van der Waals surface area contributed by atoms with E-state index in [1.165, 1.54) is 0 Å². The Labute approximate surface area is 128 Å². The maximum absolute atomic E-state index is 12.3.